The third kappa shape index (κ3) is 2.27. The minimum absolute atomic E-state index is 0.0615. The zero-order valence-electron chi connectivity index (χ0n) is 10.3. The normalized spacial score (nSPS) is 17.2. The number of hydrogen-bond acceptors (Lipinski definition) is 4. The molecule has 19 heavy (non-hydrogen) atoms. The molecule has 0 unspecified atom stereocenters. The van der Waals surface area contributed by atoms with E-state index in [-0.39, 0.29) is 12.0 Å². The number of fused-ring (bicyclic) bond motifs is 1. The van der Waals surface area contributed by atoms with Gasteiger partial charge in [-0.25, -0.2) is 0 Å². The minimum Gasteiger partial charge on any atom is -0.490 e. The summed E-state index contributed by atoms with van der Waals surface area (Å²) < 4.78 is 11.0. The van der Waals surface area contributed by atoms with Gasteiger partial charge >= 0.3 is 0 Å². The predicted molar refractivity (Wildman–Crippen MR) is 72.6 cm³/mol. The molecule has 1 aromatic carbocycles. The fourth-order valence-electron chi connectivity index (χ4n) is 2.07. The molecule has 0 aliphatic carbocycles. The van der Waals surface area contributed by atoms with E-state index in [0.29, 0.717) is 30.6 Å². The number of benzene rings is 1. The monoisotopic (exact) mass is 279 g/mol. The Kier molecular flexibility index (Phi) is 3.31. The van der Waals surface area contributed by atoms with Crippen molar-refractivity contribution in [2.24, 2.45) is 5.41 Å². The molecule has 4 nitrogen and oxygen atoms in total. The highest BCUT2D eigenvalue weighted by molar-refractivity contribution is 6.35. The highest BCUT2D eigenvalue weighted by Crippen LogP contribution is 2.32. The van der Waals surface area contributed by atoms with Gasteiger partial charge in [-0.15, -0.1) is 0 Å². The Bertz CT molecular complexity index is 593. The van der Waals surface area contributed by atoms with Gasteiger partial charge in [-0.3, -0.25) is 4.98 Å². The molecule has 0 radical (unpaired) electrons. The van der Waals surface area contributed by atoms with Gasteiger partial charge in [0.2, 0.25) is 0 Å². The van der Waals surface area contributed by atoms with Gasteiger partial charge in [-0.2, -0.15) is 0 Å². The van der Waals surface area contributed by atoms with Crippen LogP contribution in [0, 0.1) is 5.41 Å². The third-order valence-electron chi connectivity index (χ3n) is 3.37. The van der Waals surface area contributed by atoms with Crippen molar-refractivity contribution < 1.29 is 14.6 Å². The summed E-state index contributed by atoms with van der Waals surface area (Å²) in [6.45, 7) is 1.54. The second-order valence-electron chi connectivity index (χ2n) is 4.88. The van der Waals surface area contributed by atoms with Crippen molar-refractivity contribution in [3.8, 4) is 5.75 Å². The number of nitrogens with zero attached hydrogens (tertiary/aromatic N) is 1. The Morgan fingerprint density at radius 2 is 2.21 bits per heavy atom. The molecule has 0 amide bonds. The zero-order valence-corrected chi connectivity index (χ0v) is 11.1. The van der Waals surface area contributed by atoms with Crippen molar-refractivity contribution in [2.75, 3.05) is 26.4 Å². The number of halogens is 1. The maximum Gasteiger partial charge on any atom is 0.145 e. The van der Waals surface area contributed by atoms with Gasteiger partial charge in [-0.05, 0) is 24.3 Å². The van der Waals surface area contributed by atoms with E-state index in [0.717, 1.165) is 10.9 Å². The van der Waals surface area contributed by atoms with Crippen LogP contribution in [-0.2, 0) is 4.74 Å². The van der Waals surface area contributed by atoms with E-state index in [1.54, 1.807) is 12.3 Å². The summed E-state index contributed by atoms with van der Waals surface area (Å²) in [7, 11) is 0. The van der Waals surface area contributed by atoms with Gasteiger partial charge < -0.3 is 14.6 Å². The second-order valence-corrected chi connectivity index (χ2v) is 5.29. The average Bonchev–Trinajstić information content (AvgIpc) is 2.41. The molecular formula is C14H14ClNO3. The van der Waals surface area contributed by atoms with Crippen LogP contribution in [0.1, 0.15) is 0 Å². The van der Waals surface area contributed by atoms with E-state index < -0.39 is 0 Å². The molecule has 1 aliphatic heterocycles. The standard InChI is InChI=1S/C14H14ClNO3/c15-11-3-4-12(13-10(11)2-1-5-16-13)19-9-14(6-17)7-18-8-14/h1-5,17H,6-9H2. The van der Waals surface area contributed by atoms with Crippen LogP contribution >= 0.6 is 11.6 Å². The largest absolute Gasteiger partial charge is 0.490 e. The van der Waals surface area contributed by atoms with Crippen LogP contribution in [0.5, 0.6) is 5.75 Å². The lowest BCUT2D eigenvalue weighted by atomic mass is 9.88. The van der Waals surface area contributed by atoms with E-state index in [1.165, 1.54) is 0 Å². The van der Waals surface area contributed by atoms with E-state index >= 15 is 0 Å². The summed E-state index contributed by atoms with van der Waals surface area (Å²) in [6, 6.07) is 7.35. The van der Waals surface area contributed by atoms with Gasteiger partial charge in [0.15, 0.2) is 0 Å². The molecule has 3 rings (SSSR count). The number of rotatable bonds is 4. The van der Waals surface area contributed by atoms with Gasteiger partial charge in [-0.1, -0.05) is 11.6 Å². The molecular weight excluding hydrogens is 266 g/mol. The molecule has 0 saturated carbocycles. The lowest BCUT2D eigenvalue weighted by Crippen LogP contribution is -2.49. The maximum absolute atomic E-state index is 9.38. The van der Waals surface area contributed by atoms with E-state index in [1.807, 2.05) is 18.2 Å². The number of aliphatic hydroxyl groups is 1. The SMILES string of the molecule is OCC1(COc2ccc(Cl)c3cccnc23)COC1. The Hall–Kier alpha value is -1.36. The van der Waals surface area contributed by atoms with Crippen LogP contribution in [0.25, 0.3) is 10.9 Å². The molecule has 100 valence electrons. The third-order valence-corrected chi connectivity index (χ3v) is 3.69. The predicted octanol–water partition coefficient (Wildman–Crippen LogP) is 2.28. The highest BCUT2D eigenvalue weighted by Gasteiger charge is 2.39. The van der Waals surface area contributed by atoms with Crippen molar-refractivity contribution in [3.05, 3.63) is 35.5 Å². The Morgan fingerprint density at radius 1 is 1.37 bits per heavy atom. The number of aromatic nitrogens is 1. The summed E-state index contributed by atoms with van der Waals surface area (Å²) in [4.78, 5) is 4.31. The molecule has 0 atom stereocenters. The van der Waals surface area contributed by atoms with Crippen LogP contribution < -0.4 is 4.74 Å². The number of pyridine rings is 1. The first kappa shape index (κ1) is 12.7. The summed E-state index contributed by atoms with van der Waals surface area (Å²) in [6.07, 6.45) is 1.71. The fourth-order valence-corrected chi connectivity index (χ4v) is 2.29. The Balaban J connectivity index is 1.87. The summed E-state index contributed by atoms with van der Waals surface area (Å²) in [5.41, 5.74) is 0.462. The lowest BCUT2D eigenvalue weighted by molar-refractivity contribution is -0.153. The van der Waals surface area contributed by atoms with Crippen LogP contribution in [0.4, 0.5) is 0 Å². The first-order chi connectivity index (χ1) is 9.24. The van der Waals surface area contributed by atoms with Gasteiger partial charge in [0.1, 0.15) is 17.9 Å². The molecule has 1 aliphatic rings. The van der Waals surface area contributed by atoms with Gasteiger partial charge in [0, 0.05) is 11.6 Å². The smallest absolute Gasteiger partial charge is 0.145 e. The molecule has 1 fully saturated rings. The first-order valence-electron chi connectivity index (χ1n) is 6.09. The fraction of sp³-hybridized carbons (Fsp3) is 0.357. The highest BCUT2D eigenvalue weighted by atomic mass is 35.5. The van der Waals surface area contributed by atoms with Crippen molar-refractivity contribution in [3.63, 3.8) is 0 Å². The molecule has 0 bridgehead atoms. The van der Waals surface area contributed by atoms with Crippen molar-refractivity contribution >= 4 is 22.5 Å². The van der Waals surface area contributed by atoms with Crippen LogP contribution in [0.2, 0.25) is 5.02 Å². The topological polar surface area (TPSA) is 51.6 Å². The minimum atomic E-state index is -0.277. The number of ether oxygens (including phenoxy) is 2. The molecule has 0 spiro atoms. The number of hydrogen-bond donors (Lipinski definition) is 1. The van der Waals surface area contributed by atoms with Crippen molar-refractivity contribution in [2.45, 2.75) is 0 Å². The van der Waals surface area contributed by atoms with Crippen LogP contribution in [-0.4, -0.2) is 36.5 Å². The van der Waals surface area contributed by atoms with E-state index in [4.69, 9.17) is 21.1 Å². The summed E-state index contributed by atoms with van der Waals surface area (Å²) in [5.74, 6) is 0.680. The second kappa shape index (κ2) is 4.96. The summed E-state index contributed by atoms with van der Waals surface area (Å²) >= 11 is 6.13. The van der Waals surface area contributed by atoms with Crippen molar-refractivity contribution in [1.82, 2.24) is 4.98 Å². The first-order valence-corrected chi connectivity index (χ1v) is 6.47. The van der Waals surface area contributed by atoms with Crippen molar-refractivity contribution in [1.29, 1.82) is 0 Å². The van der Waals surface area contributed by atoms with Gasteiger partial charge in [0.05, 0.1) is 30.3 Å². The maximum atomic E-state index is 9.38. The average molecular weight is 280 g/mol. The quantitative estimate of drug-likeness (QED) is 0.933. The number of aliphatic hydroxyl groups excluding tert-OH is 1. The summed E-state index contributed by atoms with van der Waals surface area (Å²) in [5, 5.41) is 10.9. The molecule has 2 heterocycles. The molecule has 1 saturated heterocycles. The molecule has 1 N–H and O–H groups in total. The molecule has 1 aromatic heterocycles. The zero-order chi connectivity index (χ0) is 13.3. The van der Waals surface area contributed by atoms with E-state index in [2.05, 4.69) is 4.98 Å². The van der Waals surface area contributed by atoms with Crippen LogP contribution in [0.15, 0.2) is 30.5 Å². The molecule has 2 aromatic rings. The Morgan fingerprint density at radius 3 is 2.89 bits per heavy atom. The molecule has 5 heteroatoms. The lowest BCUT2D eigenvalue weighted by Gasteiger charge is -2.39. The van der Waals surface area contributed by atoms with Crippen LogP contribution in [0.3, 0.4) is 0 Å². The van der Waals surface area contributed by atoms with Gasteiger partial charge in [0.25, 0.3) is 0 Å². The van der Waals surface area contributed by atoms with E-state index in [9.17, 15) is 5.11 Å². The Labute approximate surface area is 115 Å².